The number of epoxide rings is 1. The lowest BCUT2D eigenvalue weighted by molar-refractivity contribution is 0.156. The molecule has 36 valence electrons. The normalized spacial score (nSPS) is 43.0. The van der Waals surface area contributed by atoms with E-state index in [1.807, 2.05) is 0 Å². The van der Waals surface area contributed by atoms with Crippen LogP contribution in [0.15, 0.2) is 0 Å². The molecule has 2 N–H and O–H groups in total. The van der Waals surface area contributed by atoms with E-state index >= 15 is 0 Å². The van der Waals surface area contributed by atoms with Crippen LogP contribution in [0.1, 0.15) is 0 Å². The van der Waals surface area contributed by atoms with E-state index in [2.05, 4.69) is 10.1 Å². The Bertz CT molecular complexity index is 54.8. The molecule has 3 heteroatoms. The van der Waals surface area contributed by atoms with Crippen LogP contribution < -0.4 is 5.32 Å². The maximum absolute atomic E-state index is 8.34. The highest BCUT2D eigenvalue weighted by Crippen LogP contribution is 2.12. The average molecular weight is 89.1 g/mol. The molecule has 0 aromatic heterocycles. The number of rotatable bonds is 1. The molecule has 1 aliphatic rings. The van der Waals surface area contributed by atoms with Crippen LogP contribution in [0, 0.1) is 0 Å². The monoisotopic (exact) mass is 89.0 g/mol. The number of likely N-dealkylation sites (N-methyl/N-ethyl adjacent to an activating group) is 1. The summed E-state index contributed by atoms with van der Waals surface area (Å²) in [7, 11) is 1.74. The number of aliphatic hydroxyl groups excluding tert-OH is 1. The topological polar surface area (TPSA) is 44.8 Å². The fourth-order valence-electron chi connectivity index (χ4n) is 0.315. The van der Waals surface area contributed by atoms with E-state index in [4.69, 9.17) is 5.11 Å². The van der Waals surface area contributed by atoms with Crippen LogP contribution in [0.2, 0.25) is 0 Å². The van der Waals surface area contributed by atoms with Crippen LogP contribution in [0.4, 0.5) is 0 Å². The molecule has 0 amide bonds. The summed E-state index contributed by atoms with van der Waals surface area (Å²) in [5, 5.41) is 11.1. The molecule has 1 aliphatic heterocycles. The summed E-state index contributed by atoms with van der Waals surface area (Å²) in [6, 6.07) is 0. The van der Waals surface area contributed by atoms with E-state index in [1.165, 1.54) is 0 Å². The first-order chi connectivity index (χ1) is 2.84. The lowest BCUT2D eigenvalue weighted by atomic mass is 10.7. The van der Waals surface area contributed by atoms with Crippen molar-refractivity contribution in [3.63, 3.8) is 0 Å². The van der Waals surface area contributed by atoms with Gasteiger partial charge in [-0.25, -0.2) is 0 Å². The molecule has 0 aromatic rings. The molecule has 0 bridgehead atoms. The maximum atomic E-state index is 8.34. The minimum absolute atomic E-state index is 0.0926. The zero-order valence-electron chi connectivity index (χ0n) is 3.51. The van der Waals surface area contributed by atoms with Gasteiger partial charge in [-0.2, -0.15) is 0 Å². The van der Waals surface area contributed by atoms with Crippen molar-refractivity contribution in [2.45, 2.75) is 12.5 Å². The molecule has 0 radical (unpaired) electrons. The summed E-state index contributed by atoms with van der Waals surface area (Å²) < 4.78 is 4.51. The average Bonchev–Trinajstić information content (AvgIpc) is 2.19. The van der Waals surface area contributed by atoms with Crippen LogP contribution >= 0.6 is 0 Å². The SMILES string of the molecule is CNC1OC1O. The van der Waals surface area contributed by atoms with Crippen molar-refractivity contribution in [3.05, 3.63) is 0 Å². The molecule has 0 aliphatic carbocycles. The fourth-order valence-corrected chi connectivity index (χ4v) is 0.315. The van der Waals surface area contributed by atoms with Gasteiger partial charge in [0.2, 0.25) is 0 Å². The molecular formula is C3H7NO2. The Kier molecular flexibility index (Phi) is 0.799. The standard InChI is InChI=1S/C3H7NO2/c1-4-2-3(5)6-2/h2-5H,1H3. The predicted octanol–water partition coefficient (Wildman–Crippen LogP) is -1.12. The zero-order valence-corrected chi connectivity index (χ0v) is 3.51. The summed E-state index contributed by atoms with van der Waals surface area (Å²) >= 11 is 0. The van der Waals surface area contributed by atoms with Gasteiger partial charge in [-0.15, -0.1) is 0 Å². The van der Waals surface area contributed by atoms with Crippen LogP contribution in [0.25, 0.3) is 0 Å². The number of ether oxygens (including phenoxy) is 1. The maximum Gasteiger partial charge on any atom is 0.197 e. The largest absolute Gasteiger partial charge is 0.365 e. The van der Waals surface area contributed by atoms with Crippen molar-refractivity contribution in [1.82, 2.24) is 5.32 Å². The van der Waals surface area contributed by atoms with Gasteiger partial charge in [-0.1, -0.05) is 0 Å². The van der Waals surface area contributed by atoms with Gasteiger partial charge in [0.1, 0.15) is 0 Å². The summed E-state index contributed by atoms with van der Waals surface area (Å²) in [6.45, 7) is 0. The zero-order chi connectivity index (χ0) is 4.57. The highest BCUT2D eigenvalue weighted by atomic mass is 16.7. The third-order valence-corrected chi connectivity index (χ3v) is 0.753. The number of nitrogens with one attached hydrogen (secondary N) is 1. The Morgan fingerprint density at radius 2 is 2.33 bits per heavy atom. The Balaban J connectivity index is 2.09. The first-order valence-corrected chi connectivity index (χ1v) is 1.85. The Labute approximate surface area is 35.9 Å². The van der Waals surface area contributed by atoms with Crippen molar-refractivity contribution in [3.8, 4) is 0 Å². The minimum Gasteiger partial charge on any atom is -0.365 e. The molecular weight excluding hydrogens is 82.0 g/mol. The van der Waals surface area contributed by atoms with E-state index in [0.717, 1.165) is 0 Å². The van der Waals surface area contributed by atoms with Gasteiger partial charge in [-0.05, 0) is 7.05 Å². The molecule has 2 unspecified atom stereocenters. The number of hydrogen-bond donors (Lipinski definition) is 2. The van der Waals surface area contributed by atoms with Crippen molar-refractivity contribution >= 4 is 0 Å². The third-order valence-electron chi connectivity index (χ3n) is 0.753. The Morgan fingerprint density at radius 3 is 2.33 bits per heavy atom. The molecule has 6 heavy (non-hydrogen) atoms. The van der Waals surface area contributed by atoms with E-state index in [0.29, 0.717) is 0 Å². The number of aliphatic hydroxyl groups is 1. The van der Waals surface area contributed by atoms with Gasteiger partial charge in [0, 0.05) is 0 Å². The quantitative estimate of drug-likeness (QED) is 0.400. The van der Waals surface area contributed by atoms with Gasteiger partial charge in [0.15, 0.2) is 12.5 Å². The molecule has 0 aromatic carbocycles. The van der Waals surface area contributed by atoms with Crippen molar-refractivity contribution < 1.29 is 9.84 Å². The molecule has 2 atom stereocenters. The first kappa shape index (κ1) is 4.05. The highest BCUT2D eigenvalue weighted by Gasteiger charge is 2.34. The van der Waals surface area contributed by atoms with Gasteiger partial charge in [0.25, 0.3) is 0 Å². The first-order valence-electron chi connectivity index (χ1n) is 1.85. The fraction of sp³-hybridized carbons (Fsp3) is 1.00. The Hall–Kier alpha value is -0.120. The summed E-state index contributed by atoms with van der Waals surface area (Å²) in [6.07, 6.45) is -0.639. The Morgan fingerprint density at radius 1 is 1.83 bits per heavy atom. The van der Waals surface area contributed by atoms with E-state index < -0.39 is 6.29 Å². The molecule has 0 spiro atoms. The second-order valence-electron chi connectivity index (χ2n) is 1.24. The highest BCUT2D eigenvalue weighted by molar-refractivity contribution is 4.68. The van der Waals surface area contributed by atoms with E-state index in [-0.39, 0.29) is 6.23 Å². The van der Waals surface area contributed by atoms with Gasteiger partial charge < -0.3 is 9.84 Å². The predicted molar refractivity (Wildman–Crippen MR) is 19.9 cm³/mol. The van der Waals surface area contributed by atoms with Crippen LogP contribution in [-0.2, 0) is 4.74 Å². The van der Waals surface area contributed by atoms with Crippen LogP contribution in [0.5, 0.6) is 0 Å². The van der Waals surface area contributed by atoms with Crippen molar-refractivity contribution in [2.75, 3.05) is 7.05 Å². The molecule has 1 rings (SSSR count). The van der Waals surface area contributed by atoms with Crippen LogP contribution in [0.3, 0.4) is 0 Å². The molecule has 0 saturated carbocycles. The van der Waals surface area contributed by atoms with Gasteiger partial charge in [-0.3, -0.25) is 5.32 Å². The number of hydrogen-bond acceptors (Lipinski definition) is 3. The van der Waals surface area contributed by atoms with Crippen LogP contribution in [-0.4, -0.2) is 24.7 Å². The van der Waals surface area contributed by atoms with Gasteiger partial charge >= 0.3 is 0 Å². The second-order valence-corrected chi connectivity index (χ2v) is 1.24. The van der Waals surface area contributed by atoms with E-state index in [9.17, 15) is 0 Å². The van der Waals surface area contributed by atoms with Crippen molar-refractivity contribution in [1.29, 1.82) is 0 Å². The lowest BCUT2D eigenvalue weighted by Crippen LogP contribution is -2.12. The summed E-state index contributed by atoms with van der Waals surface area (Å²) in [4.78, 5) is 0. The summed E-state index contributed by atoms with van der Waals surface area (Å²) in [5.74, 6) is 0. The smallest absolute Gasteiger partial charge is 0.197 e. The molecule has 1 fully saturated rings. The minimum atomic E-state index is -0.546. The second kappa shape index (κ2) is 1.18. The summed E-state index contributed by atoms with van der Waals surface area (Å²) in [5.41, 5.74) is 0. The molecule has 1 saturated heterocycles. The van der Waals surface area contributed by atoms with Gasteiger partial charge in [0.05, 0.1) is 0 Å². The van der Waals surface area contributed by atoms with Crippen molar-refractivity contribution in [2.24, 2.45) is 0 Å². The lowest BCUT2D eigenvalue weighted by Gasteiger charge is -1.78. The molecule has 1 heterocycles. The molecule has 3 nitrogen and oxygen atoms in total. The van der Waals surface area contributed by atoms with E-state index in [1.54, 1.807) is 7.05 Å². The third kappa shape index (κ3) is 0.518.